The highest BCUT2D eigenvalue weighted by molar-refractivity contribution is 5.79. The van der Waals surface area contributed by atoms with Gasteiger partial charge in [-0.2, -0.15) is 0 Å². The Morgan fingerprint density at radius 3 is 2.79 bits per heavy atom. The monoisotopic (exact) mass is 336 g/mol. The number of hydrogen-bond donors (Lipinski definition) is 2. The van der Waals surface area contributed by atoms with E-state index in [-0.39, 0.29) is 0 Å². The molecule has 1 rings (SSSR count). The fourth-order valence-corrected chi connectivity index (χ4v) is 2.08. The smallest absolute Gasteiger partial charge is 0.218 e. The third-order valence-corrected chi connectivity index (χ3v) is 3.47. The quantitative estimate of drug-likeness (QED) is 0.349. The number of aliphatic imine (C=N–C) groups is 1. The number of aromatic nitrogens is 1. The summed E-state index contributed by atoms with van der Waals surface area (Å²) in [6.45, 7) is 7.97. The maximum Gasteiger partial charge on any atom is 0.218 e. The molecule has 6 heteroatoms. The van der Waals surface area contributed by atoms with E-state index in [0.29, 0.717) is 19.0 Å². The van der Waals surface area contributed by atoms with Gasteiger partial charge in [-0.05, 0) is 32.3 Å². The average molecular weight is 336 g/mol. The third kappa shape index (κ3) is 8.72. The van der Waals surface area contributed by atoms with Crippen molar-refractivity contribution in [3.05, 3.63) is 23.9 Å². The van der Waals surface area contributed by atoms with Crippen LogP contribution in [0.25, 0.3) is 0 Å². The molecule has 0 aromatic carbocycles. The van der Waals surface area contributed by atoms with E-state index in [1.165, 1.54) is 0 Å². The first kappa shape index (κ1) is 20.2. The topological polar surface area (TPSA) is 67.8 Å². The molecule has 0 radical (unpaired) electrons. The summed E-state index contributed by atoms with van der Waals surface area (Å²) in [5, 5.41) is 6.62. The van der Waals surface area contributed by atoms with Crippen LogP contribution >= 0.6 is 0 Å². The summed E-state index contributed by atoms with van der Waals surface area (Å²) in [4.78, 5) is 8.57. The molecule has 0 fully saturated rings. The summed E-state index contributed by atoms with van der Waals surface area (Å²) in [5.41, 5.74) is 1.04. The lowest BCUT2D eigenvalue weighted by molar-refractivity contribution is 0.143. The molecule has 136 valence electrons. The van der Waals surface area contributed by atoms with Gasteiger partial charge < -0.3 is 20.1 Å². The summed E-state index contributed by atoms with van der Waals surface area (Å²) in [7, 11) is 1.78. The standard InChI is InChI=1S/C18H32N4O2/c1-4-6-14-24-17-16(10-9-12-20-17)15-22-18(19-3)21-11-7-8-13-23-5-2/h9-10,12H,4-8,11,13-15H2,1-3H3,(H2,19,21,22). The van der Waals surface area contributed by atoms with Crippen LogP contribution in [0.3, 0.4) is 0 Å². The summed E-state index contributed by atoms with van der Waals surface area (Å²) in [5.74, 6) is 1.49. The largest absolute Gasteiger partial charge is 0.477 e. The number of ether oxygens (including phenoxy) is 2. The lowest BCUT2D eigenvalue weighted by atomic mass is 10.2. The van der Waals surface area contributed by atoms with Crippen molar-refractivity contribution in [2.45, 2.75) is 46.1 Å². The van der Waals surface area contributed by atoms with Gasteiger partial charge in [-0.25, -0.2) is 4.98 Å². The summed E-state index contributed by atoms with van der Waals surface area (Å²) >= 11 is 0. The van der Waals surface area contributed by atoms with Crippen LogP contribution in [-0.2, 0) is 11.3 Å². The van der Waals surface area contributed by atoms with Gasteiger partial charge in [0.15, 0.2) is 5.96 Å². The van der Waals surface area contributed by atoms with Crippen molar-refractivity contribution in [3.63, 3.8) is 0 Å². The predicted molar refractivity (Wildman–Crippen MR) is 98.6 cm³/mol. The van der Waals surface area contributed by atoms with E-state index in [9.17, 15) is 0 Å². The minimum atomic E-state index is 0.633. The lowest BCUT2D eigenvalue weighted by Crippen LogP contribution is -2.37. The Morgan fingerprint density at radius 1 is 1.17 bits per heavy atom. The van der Waals surface area contributed by atoms with Crippen LogP contribution in [0, 0.1) is 0 Å². The molecule has 24 heavy (non-hydrogen) atoms. The molecule has 0 bridgehead atoms. The Hall–Kier alpha value is -1.82. The van der Waals surface area contributed by atoms with Crippen LogP contribution in [-0.4, -0.2) is 44.4 Å². The number of pyridine rings is 1. The highest BCUT2D eigenvalue weighted by Gasteiger charge is 2.05. The molecule has 0 aliphatic rings. The molecule has 1 aromatic rings. The van der Waals surface area contributed by atoms with Gasteiger partial charge in [-0.1, -0.05) is 19.4 Å². The zero-order chi connectivity index (χ0) is 17.5. The van der Waals surface area contributed by atoms with Crippen LogP contribution in [0.1, 0.15) is 45.1 Å². The molecule has 0 aliphatic carbocycles. The van der Waals surface area contributed by atoms with Crippen molar-refractivity contribution in [2.24, 2.45) is 4.99 Å². The number of rotatable bonds is 12. The van der Waals surface area contributed by atoms with Gasteiger partial charge in [0.2, 0.25) is 5.88 Å². The highest BCUT2D eigenvalue weighted by atomic mass is 16.5. The van der Waals surface area contributed by atoms with Gasteiger partial charge in [0.05, 0.1) is 6.61 Å². The van der Waals surface area contributed by atoms with Gasteiger partial charge in [0.1, 0.15) is 0 Å². The van der Waals surface area contributed by atoms with Crippen LogP contribution in [0.5, 0.6) is 5.88 Å². The first-order chi connectivity index (χ1) is 11.8. The summed E-state index contributed by atoms with van der Waals surface area (Å²) in [6, 6.07) is 3.95. The van der Waals surface area contributed by atoms with E-state index < -0.39 is 0 Å². The van der Waals surface area contributed by atoms with Gasteiger partial charge >= 0.3 is 0 Å². The number of hydrogen-bond acceptors (Lipinski definition) is 4. The van der Waals surface area contributed by atoms with Crippen molar-refractivity contribution in [2.75, 3.05) is 33.4 Å². The van der Waals surface area contributed by atoms with Crippen molar-refractivity contribution >= 4 is 5.96 Å². The predicted octanol–water partition coefficient (Wildman–Crippen LogP) is 2.74. The maximum absolute atomic E-state index is 5.75. The first-order valence-electron chi connectivity index (χ1n) is 8.90. The van der Waals surface area contributed by atoms with Crippen molar-refractivity contribution in [1.82, 2.24) is 15.6 Å². The van der Waals surface area contributed by atoms with Crippen molar-refractivity contribution in [3.8, 4) is 5.88 Å². The molecule has 2 N–H and O–H groups in total. The van der Waals surface area contributed by atoms with E-state index in [1.54, 1.807) is 13.2 Å². The molecule has 0 unspecified atom stereocenters. The summed E-state index contributed by atoms with van der Waals surface area (Å²) in [6.07, 6.45) is 6.01. The van der Waals surface area contributed by atoms with Gasteiger partial charge in [0.25, 0.3) is 0 Å². The molecule has 1 heterocycles. The molecule has 0 saturated carbocycles. The highest BCUT2D eigenvalue weighted by Crippen LogP contribution is 2.14. The fraction of sp³-hybridized carbons (Fsp3) is 0.667. The van der Waals surface area contributed by atoms with E-state index >= 15 is 0 Å². The van der Waals surface area contributed by atoms with Crippen LogP contribution in [0.4, 0.5) is 0 Å². The second-order valence-electron chi connectivity index (χ2n) is 5.43. The molecule has 0 aliphatic heterocycles. The minimum Gasteiger partial charge on any atom is -0.477 e. The molecule has 1 aromatic heterocycles. The number of guanidine groups is 1. The van der Waals surface area contributed by atoms with E-state index in [0.717, 1.165) is 57.0 Å². The van der Waals surface area contributed by atoms with Crippen LogP contribution < -0.4 is 15.4 Å². The number of nitrogens with zero attached hydrogens (tertiary/aromatic N) is 2. The second kappa shape index (κ2) is 13.6. The first-order valence-corrected chi connectivity index (χ1v) is 8.90. The Labute approximate surface area is 146 Å². The molecule has 0 amide bonds. The van der Waals surface area contributed by atoms with Crippen LogP contribution in [0.15, 0.2) is 23.3 Å². The molecule has 0 spiro atoms. The van der Waals surface area contributed by atoms with E-state index in [1.807, 2.05) is 19.1 Å². The Balaban J connectivity index is 2.35. The van der Waals surface area contributed by atoms with E-state index in [2.05, 4.69) is 27.5 Å². The zero-order valence-corrected chi connectivity index (χ0v) is 15.3. The normalized spacial score (nSPS) is 11.4. The maximum atomic E-state index is 5.75. The Kier molecular flexibility index (Phi) is 11.5. The fourth-order valence-electron chi connectivity index (χ4n) is 2.08. The van der Waals surface area contributed by atoms with Gasteiger partial charge in [-0.3, -0.25) is 4.99 Å². The number of nitrogens with one attached hydrogen (secondary N) is 2. The summed E-state index contributed by atoms with van der Waals surface area (Å²) < 4.78 is 11.1. The lowest BCUT2D eigenvalue weighted by Gasteiger charge is -2.14. The van der Waals surface area contributed by atoms with Crippen LogP contribution in [0.2, 0.25) is 0 Å². The second-order valence-corrected chi connectivity index (χ2v) is 5.43. The molecule has 6 nitrogen and oxygen atoms in total. The average Bonchev–Trinajstić information content (AvgIpc) is 2.61. The van der Waals surface area contributed by atoms with Gasteiger partial charge in [0, 0.05) is 45.1 Å². The van der Waals surface area contributed by atoms with Crippen molar-refractivity contribution in [1.29, 1.82) is 0 Å². The Bertz CT molecular complexity index is 466. The van der Waals surface area contributed by atoms with E-state index in [4.69, 9.17) is 9.47 Å². The SMILES string of the molecule is CCCCOc1ncccc1CNC(=NC)NCCCCOCC. The molecular weight excluding hydrogens is 304 g/mol. The molecule has 0 saturated heterocycles. The zero-order valence-electron chi connectivity index (χ0n) is 15.3. The molecule has 0 atom stereocenters. The Morgan fingerprint density at radius 2 is 2.04 bits per heavy atom. The van der Waals surface area contributed by atoms with Crippen molar-refractivity contribution < 1.29 is 9.47 Å². The minimum absolute atomic E-state index is 0.633. The molecular formula is C18H32N4O2. The number of unbranched alkanes of at least 4 members (excludes halogenated alkanes) is 2. The van der Waals surface area contributed by atoms with Gasteiger partial charge in [-0.15, -0.1) is 0 Å². The third-order valence-electron chi connectivity index (χ3n) is 3.47.